The molecule has 1 fully saturated rings. The van der Waals surface area contributed by atoms with Gasteiger partial charge in [0.2, 0.25) is 5.91 Å². The van der Waals surface area contributed by atoms with Crippen LogP contribution in [0.5, 0.6) is 0 Å². The van der Waals surface area contributed by atoms with Gasteiger partial charge in [-0.25, -0.2) is 0 Å². The molecule has 0 radical (unpaired) electrons. The molecule has 2 aliphatic rings. The molecule has 7 nitrogen and oxygen atoms in total. The number of nitrogens with zero attached hydrogens (tertiary/aromatic N) is 3. The number of hydrogen-bond donors (Lipinski definition) is 1. The molecule has 5 rings (SSSR count). The van der Waals surface area contributed by atoms with E-state index in [2.05, 4.69) is 15.1 Å². The van der Waals surface area contributed by atoms with Crippen molar-refractivity contribution in [2.24, 2.45) is 5.92 Å². The summed E-state index contributed by atoms with van der Waals surface area (Å²) in [6.45, 7) is 3.58. The van der Waals surface area contributed by atoms with E-state index >= 15 is 0 Å². The molecule has 3 aromatic carbocycles. The minimum atomic E-state index is -0.374. The number of carbonyl (C=O) groups excluding carboxylic acids is 1. The largest absolute Gasteiger partial charge is 0.365 e. The van der Waals surface area contributed by atoms with Gasteiger partial charge < -0.3 is 10.2 Å². The Morgan fingerprint density at radius 3 is 2.54 bits per heavy atom. The van der Waals surface area contributed by atoms with Crippen LogP contribution in [-0.2, 0) is 24.3 Å². The first-order valence-electron chi connectivity index (χ1n) is 11.8. The third-order valence-electron chi connectivity index (χ3n) is 6.96. The molecule has 0 bridgehead atoms. The first-order valence-corrected chi connectivity index (χ1v) is 12.2. The molecule has 2 aliphatic heterocycles. The molecular weight excluding hydrogens is 464 g/mol. The highest BCUT2D eigenvalue weighted by Crippen LogP contribution is 2.38. The molecule has 0 saturated carbocycles. The molecule has 1 N–H and O–H groups in total. The van der Waals surface area contributed by atoms with E-state index in [9.17, 15) is 14.9 Å². The minimum Gasteiger partial charge on any atom is -0.365 e. The molecule has 3 aromatic rings. The van der Waals surface area contributed by atoms with Crippen LogP contribution in [0.3, 0.4) is 0 Å². The van der Waals surface area contributed by atoms with Crippen molar-refractivity contribution < 1.29 is 9.72 Å². The predicted octanol–water partition coefficient (Wildman–Crippen LogP) is 4.43. The standard InChI is InChI=1S/C27H27ClN4O3/c28-22-8-6-20(7-9-22)17-30-12-13-31-25-11-10-23(32(34)35)14-21(25)15-24(26(31)18-30)27(33)29-16-19-4-2-1-3-5-19/h1-11,14,24,26H,12-13,15-18H2,(H,29,33). The topological polar surface area (TPSA) is 78.7 Å². The maximum absolute atomic E-state index is 13.5. The zero-order valence-electron chi connectivity index (χ0n) is 19.3. The van der Waals surface area contributed by atoms with Crippen molar-refractivity contribution >= 4 is 28.9 Å². The number of rotatable bonds is 6. The summed E-state index contributed by atoms with van der Waals surface area (Å²) in [5.74, 6) is -0.324. The average molecular weight is 491 g/mol. The Labute approximate surface area is 209 Å². The predicted molar refractivity (Wildman–Crippen MR) is 136 cm³/mol. The Morgan fingerprint density at radius 1 is 1.03 bits per heavy atom. The third-order valence-corrected chi connectivity index (χ3v) is 7.21. The lowest BCUT2D eigenvalue weighted by Gasteiger charge is -2.49. The van der Waals surface area contributed by atoms with E-state index in [1.165, 1.54) is 5.56 Å². The van der Waals surface area contributed by atoms with E-state index in [0.717, 1.165) is 43.0 Å². The number of fused-ring (bicyclic) bond motifs is 3. The van der Waals surface area contributed by atoms with Crippen molar-refractivity contribution in [1.29, 1.82) is 0 Å². The number of halogens is 1. The molecule has 1 amide bonds. The molecule has 1 saturated heterocycles. The molecule has 2 heterocycles. The van der Waals surface area contributed by atoms with Gasteiger partial charge in [0.25, 0.3) is 5.69 Å². The average Bonchev–Trinajstić information content (AvgIpc) is 2.88. The molecule has 0 aromatic heterocycles. The fraction of sp³-hybridized carbons (Fsp3) is 0.296. The van der Waals surface area contributed by atoms with Gasteiger partial charge in [-0.15, -0.1) is 0 Å². The number of amides is 1. The summed E-state index contributed by atoms with van der Waals surface area (Å²) in [4.78, 5) is 29.1. The van der Waals surface area contributed by atoms with Crippen LogP contribution >= 0.6 is 11.6 Å². The maximum atomic E-state index is 13.5. The highest BCUT2D eigenvalue weighted by Gasteiger charge is 2.41. The number of nitro groups is 1. The van der Waals surface area contributed by atoms with Crippen molar-refractivity contribution in [2.75, 3.05) is 24.5 Å². The lowest BCUT2D eigenvalue weighted by molar-refractivity contribution is -0.384. The number of hydrogen-bond acceptors (Lipinski definition) is 5. The van der Waals surface area contributed by atoms with Crippen LogP contribution in [0.1, 0.15) is 16.7 Å². The van der Waals surface area contributed by atoms with Crippen LogP contribution in [0.25, 0.3) is 0 Å². The highest BCUT2D eigenvalue weighted by atomic mass is 35.5. The number of piperazine rings is 1. The van der Waals surface area contributed by atoms with Gasteiger partial charge in [-0.3, -0.25) is 19.8 Å². The summed E-state index contributed by atoms with van der Waals surface area (Å²) in [5, 5.41) is 15.2. The summed E-state index contributed by atoms with van der Waals surface area (Å²) in [6, 6.07) is 22.7. The van der Waals surface area contributed by atoms with Crippen molar-refractivity contribution in [3.63, 3.8) is 0 Å². The molecule has 0 aliphatic carbocycles. The van der Waals surface area contributed by atoms with Crippen LogP contribution in [0, 0.1) is 16.0 Å². The maximum Gasteiger partial charge on any atom is 0.269 e. The summed E-state index contributed by atoms with van der Waals surface area (Å²) in [7, 11) is 0. The van der Waals surface area contributed by atoms with Crippen LogP contribution in [0.2, 0.25) is 5.02 Å². The van der Waals surface area contributed by atoms with E-state index in [4.69, 9.17) is 11.6 Å². The van der Waals surface area contributed by atoms with Gasteiger partial charge in [-0.1, -0.05) is 54.1 Å². The van der Waals surface area contributed by atoms with Crippen molar-refractivity contribution in [2.45, 2.75) is 25.6 Å². The van der Waals surface area contributed by atoms with Gasteiger partial charge in [-0.05, 0) is 41.3 Å². The van der Waals surface area contributed by atoms with Crippen LogP contribution in [0.15, 0.2) is 72.8 Å². The lowest BCUT2D eigenvalue weighted by Crippen LogP contribution is -2.60. The van der Waals surface area contributed by atoms with Crippen molar-refractivity contribution in [1.82, 2.24) is 10.2 Å². The van der Waals surface area contributed by atoms with Crippen LogP contribution in [-0.4, -0.2) is 41.4 Å². The Balaban J connectivity index is 1.39. The van der Waals surface area contributed by atoms with Crippen LogP contribution < -0.4 is 10.2 Å². The number of nitrogens with one attached hydrogen (secondary N) is 1. The second-order valence-corrected chi connectivity index (χ2v) is 9.64. The molecule has 180 valence electrons. The van der Waals surface area contributed by atoms with E-state index in [-0.39, 0.29) is 28.5 Å². The molecule has 2 unspecified atom stereocenters. The number of carbonyl (C=O) groups is 1. The van der Waals surface area contributed by atoms with Gasteiger partial charge in [-0.2, -0.15) is 0 Å². The van der Waals surface area contributed by atoms with Crippen molar-refractivity contribution in [3.05, 3.63) is 105 Å². The zero-order chi connectivity index (χ0) is 24.4. The number of benzene rings is 3. The number of nitro benzene ring substituents is 1. The molecule has 0 spiro atoms. The third kappa shape index (κ3) is 5.16. The Kier molecular flexibility index (Phi) is 6.70. The second-order valence-electron chi connectivity index (χ2n) is 9.21. The molecule has 2 atom stereocenters. The van der Waals surface area contributed by atoms with Crippen LogP contribution in [0.4, 0.5) is 11.4 Å². The minimum absolute atomic E-state index is 0.0132. The monoisotopic (exact) mass is 490 g/mol. The molecule has 8 heteroatoms. The highest BCUT2D eigenvalue weighted by molar-refractivity contribution is 6.30. The van der Waals surface area contributed by atoms with E-state index in [1.807, 2.05) is 60.7 Å². The fourth-order valence-corrected chi connectivity index (χ4v) is 5.32. The molecule has 35 heavy (non-hydrogen) atoms. The first kappa shape index (κ1) is 23.3. The van der Waals surface area contributed by atoms with Gasteiger partial charge in [0.05, 0.1) is 16.9 Å². The first-order chi connectivity index (χ1) is 17.0. The quantitative estimate of drug-likeness (QED) is 0.408. The normalized spacial score (nSPS) is 19.5. The zero-order valence-corrected chi connectivity index (χ0v) is 20.0. The summed E-state index contributed by atoms with van der Waals surface area (Å²) >= 11 is 6.05. The lowest BCUT2D eigenvalue weighted by atomic mass is 9.83. The summed E-state index contributed by atoms with van der Waals surface area (Å²) in [5.41, 5.74) is 4.14. The Bertz CT molecular complexity index is 1220. The van der Waals surface area contributed by atoms with E-state index in [0.29, 0.717) is 18.0 Å². The van der Waals surface area contributed by atoms with Gasteiger partial charge in [0.15, 0.2) is 0 Å². The number of non-ortho nitro benzene ring substituents is 1. The fourth-order valence-electron chi connectivity index (χ4n) is 5.19. The summed E-state index contributed by atoms with van der Waals surface area (Å²) < 4.78 is 0. The smallest absolute Gasteiger partial charge is 0.269 e. The second kappa shape index (κ2) is 10.1. The SMILES string of the molecule is O=C(NCc1ccccc1)C1Cc2cc([N+](=O)[O-])ccc2N2CCN(Cc3ccc(Cl)cc3)CC12. The van der Waals surface area contributed by atoms with Gasteiger partial charge in [0.1, 0.15) is 0 Å². The molecular formula is C27H27ClN4O3. The van der Waals surface area contributed by atoms with E-state index in [1.54, 1.807) is 12.1 Å². The van der Waals surface area contributed by atoms with Crippen molar-refractivity contribution in [3.8, 4) is 0 Å². The Hall–Kier alpha value is -3.42. The van der Waals surface area contributed by atoms with Gasteiger partial charge >= 0.3 is 0 Å². The van der Waals surface area contributed by atoms with E-state index < -0.39 is 0 Å². The summed E-state index contributed by atoms with van der Waals surface area (Å²) in [6.07, 6.45) is 0.480. The Morgan fingerprint density at radius 2 is 1.80 bits per heavy atom. The number of anilines is 1. The van der Waals surface area contributed by atoms with Gasteiger partial charge in [0, 0.05) is 55.6 Å².